The molecule has 3 aromatic rings. The first-order chi connectivity index (χ1) is 14.5. The van der Waals surface area contributed by atoms with Gasteiger partial charge in [-0.25, -0.2) is 0 Å². The molecule has 4 N–H and O–H groups in total. The van der Waals surface area contributed by atoms with E-state index in [1.807, 2.05) is 48.5 Å². The summed E-state index contributed by atoms with van der Waals surface area (Å²) in [5, 5.41) is 5.54. The number of benzene rings is 2. The van der Waals surface area contributed by atoms with Crippen molar-refractivity contribution in [3.8, 4) is 11.5 Å². The van der Waals surface area contributed by atoms with E-state index < -0.39 is 5.91 Å². The molecule has 0 fully saturated rings. The number of hydrogen-bond donors (Lipinski definition) is 3. The van der Waals surface area contributed by atoms with Gasteiger partial charge in [-0.1, -0.05) is 24.3 Å². The van der Waals surface area contributed by atoms with Crippen LogP contribution in [0.3, 0.4) is 0 Å². The van der Waals surface area contributed by atoms with Gasteiger partial charge < -0.3 is 25.8 Å². The summed E-state index contributed by atoms with van der Waals surface area (Å²) < 4.78 is 14.3. The molecule has 30 heavy (non-hydrogen) atoms. The van der Waals surface area contributed by atoms with Gasteiger partial charge in [-0.15, -0.1) is 0 Å². The van der Waals surface area contributed by atoms with Crippen molar-refractivity contribution in [2.24, 2.45) is 0 Å². The maximum atomic E-state index is 12.5. The molecular weight excluding hydrogens is 404 g/mol. The number of anilines is 1. The van der Waals surface area contributed by atoms with E-state index in [-0.39, 0.29) is 28.7 Å². The summed E-state index contributed by atoms with van der Waals surface area (Å²) in [5.41, 5.74) is 7.90. The summed E-state index contributed by atoms with van der Waals surface area (Å²) in [5.74, 6) is 0.612. The second kappa shape index (κ2) is 9.75. The smallest absolute Gasteiger partial charge is 0.273 e. The van der Waals surface area contributed by atoms with Gasteiger partial charge in [-0.2, -0.15) is 4.37 Å². The molecule has 0 bridgehead atoms. The standard InChI is InChI=1S/C21H22N4O4S/c1-28-15-8-6-13(7-9-15)11-24-21(27)19-17(22)18(25-30-19)20(26)23-12-14-4-3-5-16(10-14)29-2/h3-10H,11-12,22H2,1-2H3,(H,23,26)(H,24,27). The van der Waals surface area contributed by atoms with Crippen molar-refractivity contribution in [2.75, 3.05) is 20.0 Å². The molecular formula is C21H22N4O4S. The van der Waals surface area contributed by atoms with Crippen LogP contribution in [0.15, 0.2) is 48.5 Å². The molecule has 0 aliphatic carbocycles. The lowest BCUT2D eigenvalue weighted by atomic mass is 10.2. The monoisotopic (exact) mass is 426 g/mol. The van der Waals surface area contributed by atoms with Crippen LogP contribution in [0.25, 0.3) is 0 Å². The fourth-order valence-electron chi connectivity index (χ4n) is 2.68. The normalized spacial score (nSPS) is 10.3. The summed E-state index contributed by atoms with van der Waals surface area (Å²) in [6.07, 6.45) is 0. The molecule has 1 heterocycles. The number of nitrogens with zero attached hydrogens (tertiary/aromatic N) is 1. The highest BCUT2D eigenvalue weighted by Crippen LogP contribution is 2.22. The Morgan fingerprint density at radius 3 is 2.30 bits per heavy atom. The predicted molar refractivity (Wildman–Crippen MR) is 115 cm³/mol. The Hall–Kier alpha value is -3.59. The van der Waals surface area contributed by atoms with Crippen LogP contribution in [0.5, 0.6) is 11.5 Å². The molecule has 3 rings (SSSR count). The Morgan fingerprint density at radius 2 is 1.60 bits per heavy atom. The van der Waals surface area contributed by atoms with Crippen LogP contribution in [0.2, 0.25) is 0 Å². The van der Waals surface area contributed by atoms with Gasteiger partial charge in [0, 0.05) is 13.1 Å². The third-order valence-corrected chi connectivity index (χ3v) is 5.21. The number of nitrogens with two attached hydrogens (primary N) is 1. The fourth-order valence-corrected chi connectivity index (χ4v) is 3.39. The molecule has 156 valence electrons. The van der Waals surface area contributed by atoms with E-state index in [4.69, 9.17) is 15.2 Å². The predicted octanol–water partition coefficient (Wildman–Crippen LogP) is 2.60. The molecule has 1 aromatic heterocycles. The van der Waals surface area contributed by atoms with Crippen molar-refractivity contribution >= 4 is 29.0 Å². The van der Waals surface area contributed by atoms with Crippen LogP contribution in [-0.4, -0.2) is 30.4 Å². The Kier molecular flexibility index (Phi) is 6.87. The summed E-state index contributed by atoms with van der Waals surface area (Å²) in [7, 11) is 3.17. The zero-order valence-corrected chi connectivity index (χ0v) is 17.4. The van der Waals surface area contributed by atoms with E-state index >= 15 is 0 Å². The molecule has 0 unspecified atom stereocenters. The molecule has 0 spiro atoms. The van der Waals surface area contributed by atoms with Crippen LogP contribution in [0.1, 0.15) is 31.3 Å². The van der Waals surface area contributed by atoms with Crippen LogP contribution in [0, 0.1) is 0 Å². The van der Waals surface area contributed by atoms with Gasteiger partial charge in [0.15, 0.2) is 5.69 Å². The lowest BCUT2D eigenvalue weighted by Crippen LogP contribution is -2.25. The molecule has 0 aliphatic heterocycles. The lowest BCUT2D eigenvalue weighted by Gasteiger charge is -2.07. The Labute approximate surface area is 178 Å². The summed E-state index contributed by atoms with van der Waals surface area (Å²) in [6.45, 7) is 0.601. The minimum atomic E-state index is -0.444. The highest BCUT2D eigenvalue weighted by molar-refractivity contribution is 7.09. The maximum absolute atomic E-state index is 12.5. The number of amides is 2. The molecule has 0 aliphatic rings. The Morgan fingerprint density at radius 1 is 0.933 bits per heavy atom. The molecule has 0 atom stereocenters. The quantitative estimate of drug-likeness (QED) is 0.510. The molecule has 9 heteroatoms. The number of carbonyl (C=O) groups excluding carboxylic acids is 2. The zero-order chi connectivity index (χ0) is 21.5. The number of rotatable bonds is 8. The summed E-state index contributed by atoms with van der Waals surface area (Å²) in [6, 6.07) is 14.7. The van der Waals surface area contributed by atoms with Crippen LogP contribution >= 0.6 is 11.5 Å². The number of ether oxygens (including phenoxy) is 2. The molecule has 0 saturated carbocycles. The highest BCUT2D eigenvalue weighted by Gasteiger charge is 2.22. The van der Waals surface area contributed by atoms with Gasteiger partial charge in [-0.3, -0.25) is 9.59 Å². The van der Waals surface area contributed by atoms with Crippen molar-refractivity contribution in [3.05, 3.63) is 70.2 Å². The van der Waals surface area contributed by atoms with E-state index in [0.717, 1.165) is 28.4 Å². The third kappa shape index (κ3) is 5.06. The number of aromatic nitrogens is 1. The van der Waals surface area contributed by atoms with E-state index in [1.165, 1.54) is 0 Å². The van der Waals surface area contributed by atoms with Gasteiger partial charge in [-0.05, 0) is 46.9 Å². The third-order valence-electron chi connectivity index (χ3n) is 4.35. The minimum Gasteiger partial charge on any atom is -0.497 e. The first kappa shape index (κ1) is 21.1. The van der Waals surface area contributed by atoms with E-state index in [0.29, 0.717) is 12.3 Å². The molecule has 0 radical (unpaired) electrons. The lowest BCUT2D eigenvalue weighted by molar-refractivity contribution is 0.0946. The van der Waals surface area contributed by atoms with Gasteiger partial charge in [0.05, 0.1) is 19.9 Å². The average molecular weight is 426 g/mol. The number of methoxy groups -OCH3 is 2. The van der Waals surface area contributed by atoms with Crippen LogP contribution < -0.4 is 25.8 Å². The van der Waals surface area contributed by atoms with Gasteiger partial charge in [0.1, 0.15) is 16.4 Å². The largest absolute Gasteiger partial charge is 0.497 e. The van der Waals surface area contributed by atoms with Crippen LogP contribution in [-0.2, 0) is 13.1 Å². The number of carbonyl (C=O) groups is 2. The van der Waals surface area contributed by atoms with Gasteiger partial charge in [0.25, 0.3) is 11.8 Å². The van der Waals surface area contributed by atoms with Crippen molar-refractivity contribution < 1.29 is 19.1 Å². The first-order valence-corrected chi connectivity index (χ1v) is 9.86. The molecule has 2 amide bonds. The number of nitrogens with one attached hydrogen (secondary N) is 2. The van der Waals surface area contributed by atoms with E-state index in [1.54, 1.807) is 14.2 Å². The molecule has 8 nitrogen and oxygen atoms in total. The van der Waals surface area contributed by atoms with E-state index in [9.17, 15) is 9.59 Å². The van der Waals surface area contributed by atoms with Gasteiger partial charge >= 0.3 is 0 Å². The highest BCUT2D eigenvalue weighted by atomic mass is 32.1. The Bertz CT molecular complexity index is 1030. The van der Waals surface area contributed by atoms with Crippen molar-refractivity contribution in [1.82, 2.24) is 15.0 Å². The fraction of sp³-hybridized carbons (Fsp3) is 0.190. The zero-order valence-electron chi connectivity index (χ0n) is 16.6. The SMILES string of the molecule is COc1ccc(CNC(=O)c2snc(C(=O)NCc3cccc(OC)c3)c2N)cc1. The van der Waals surface area contributed by atoms with Crippen LogP contribution in [0.4, 0.5) is 5.69 Å². The second-order valence-corrected chi connectivity index (χ2v) is 7.11. The van der Waals surface area contributed by atoms with Crippen molar-refractivity contribution in [1.29, 1.82) is 0 Å². The summed E-state index contributed by atoms with van der Waals surface area (Å²) >= 11 is 0.894. The number of nitrogen functional groups attached to an aromatic ring is 1. The first-order valence-electron chi connectivity index (χ1n) is 9.09. The van der Waals surface area contributed by atoms with E-state index in [2.05, 4.69) is 15.0 Å². The molecule has 0 saturated heterocycles. The maximum Gasteiger partial charge on any atom is 0.273 e. The Balaban J connectivity index is 1.59. The summed E-state index contributed by atoms with van der Waals surface area (Å²) in [4.78, 5) is 25.1. The molecule has 2 aromatic carbocycles. The second-order valence-electron chi connectivity index (χ2n) is 6.34. The minimum absolute atomic E-state index is 0.0393. The topological polar surface area (TPSA) is 116 Å². The van der Waals surface area contributed by atoms with Gasteiger partial charge in [0.2, 0.25) is 0 Å². The number of hydrogen-bond acceptors (Lipinski definition) is 7. The van der Waals surface area contributed by atoms with Crippen molar-refractivity contribution in [2.45, 2.75) is 13.1 Å². The average Bonchev–Trinajstić information content (AvgIpc) is 3.17. The van der Waals surface area contributed by atoms with Crippen molar-refractivity contribution in [3.63, 3.8) is 0 Å².